The molecule has 1 heterocycles. The van der Waals surface area contributed by atoms with E-state index in [9.17, 15) is 4.79 Å². The molecule has 1 aliphatic heterocycles. The van der Waals surface area contributed by atoms with Crippen molar-refractivity contribution in [2.75, 3.05) is 40.4 Å². The Morgan fingerprint density at radius 1 is 1.56 bits per heavy atom. The molecule has 2 atom stereocenters. The van der Waals surface area contributed by atoms with E-state index in [-0.39, 0.29) is 5.91 Å². The molecule has 1 amide bonds. The average Bonchev–Trinajstić information content (AvgIpc) is 2.29. The molecule has 1 aliphatic rings. The molecule has 0 bridgehead atoms. The van der Waals surface area contributed by atoms with E-state index in [0.29, 0.717) is 12.6 Å². The zero-order chi connectivity index (χ0) is 12.1. The van der Waals surface area contributed by atoms with Crippen molar-refractivity contribution in [3.05, 3.63) is 0 Å². The molecule has 0 aromatic carbocycles. The molecule has 16 heavy (non-hydrogen) atoms. The number of carbonyl (C=O) groups excluding carboxylic acids is 1. The lowest BCUT2D eigenvalue weighted by Crippen LogP contribution is -2.57. The van der Waals surface area contributed by atoms with Gasteiger partial charge in [-0.15, -0.1) is 0 Å². The number of hydrogen-bond donors (Lipinski definition) is 1. The van der Waals surface area contributed by atoms with Crippen LogP contribution in [-0.4, -0.2) is 68.2 Å². The Morgan fingerprint density at radius 3 is 2.81 bits per heavy atom. The number of likely N-dealkylation sites (N-methyl/N-ethyl adjacent to an activating group) is 1. The summed E-state index contributed by atoms with van der Waals surface area (Å²) in [5, 5.41) is 0. The zero-order valence-corrected chi connectivity index (χ0v) is 10.5. The topological polar surface area (TPSA) is 58.8 Å². The minimum absolute atomic E-state index is 0.00778. The van der Waals surface area contributed by atoms with E-state index in [0.717, 1.165) is 26.1 Å². The molecule has 0 aromatic rings. The van der Waals surface area contributed by atoms with Gasteiger partial charge in [0.25, 0.3) is 0 Å². The molecule has 5 nitrogen and oxygen atoms in total. The number of hydrogen-bond acceptors (Lipinski definition) is 4. The summed E-state index contributed by atoms with van der Waals surface area (Å²) in [4.78, 5) is 16.1. The fraction of sp³-hybridized carbons (Fsp3) is 0.909. The first-order chi connectivity index (χ1) is 7.60. The van der Waals surface area contributed by atoms with Gasteiger partial charge in [-0.3, -0.25) is 9.69 Å². The van der Waals surface area contributed by atoms with Crippen LogP contribution in [0.25, 0.3) is 0 Å². The fourth-order valence-corrected chi connectivity index (χ4v) is 2.07. The normalized spacial score (nSPS) is 24.5. The molecule has 0 saturated carbocycles. The number of piperazine rings is 1. The third kappa shape index (κ3) is 3.17. The molecule has 0 aliphatic carbocycles. The van der Waals surface area contributed by atoms with Crippen molar-refractivity contribution >= 4 is 5.91 Å². The van der Waals surface area contributed by atoms with Crippen LogP contribution in [0.4, 0.5) is 0 Å². The Bertz CT molecular complexity index is 235. The highest BCUT2D eigenvalue weighted by molar-refractivity contribution is 5.82. The Kier molecular flexibility index (Phi) is 5.18. The van der Waals surface area contributed by atoms with Crippen molar-refractivity contribution < 1.29 is 9.53 Å². The summed E-state index contributed by atoms with van der Waals surface area (Å²) in [6.45, 7) is 4.91. The predicted octanol–water partition coefficient (Wildman–Crippen LogP) is -0.487. The Balaban J connectivity index is 2.51. The summed E-state index contributed by atoms with van der Waals surface area (Å²) >= 11 is 0. The lowest BCUT2D eigenvalue weighted by molar-refractivity contribution is -0.136. The minimum Gasteiger partial charge on any atom is -0.383 e. The van der Waals surface area contributed by atoms with E-state index in [4.69, 9.17) is 10.5 Å². The van der Waals surface area contributed by atoms with E-state index < -0.39 is 6.04 Å². The molecule has 94 valence electrons. The van der Waals surface area contributed by atoms with Crippen molar-refractivity contribution in [1.82, 2.24) is 9.80 Å². The third-order valence-corrected chi connectivity index (χ3v) is 3.22. The maximum absolute atomic E-state index is 12.0. The number of ether oxygens (including phenoxy) is 1. The second-order valence-electron chi connectivity index (χ2n) is 4.39. The first-order valence-electron chi connectivity index (χ1n) is 5.83. The third-order valence-electron chi connectivity index (χ3n) is 3.22. The lowest BCUT2D eigenvalue weighted by atomic mass is 10.1. The zero-order valence-electron chi connectivity index (χ0n) is 10.5. The highest BCUT2D eigenvalue weighted by Gasteiger charge is 2.28. The average molecular weight is 229 g/mol. The molecule has 1 saturated heterocycles. The van der Waals surface area contributed by atoms with Crippen molar-refractivity contribution in [2.24, 2.45) is 5.73 Å². The van der Waals surface area contributed by atoms with Gasteiger partial charge in [-0.05, 0) is 13.5 Å². The van der Waals surface area contributed by atoms with Crippen molar-refractivity contribution in [2.45, 2.75) is 25.4 Å². The van der Waals surface area contributed by atoms with Crippen LogP contribution in [-0.2, 0) is 9.53 Å². The maximum atomic E-state index is 12.0. The highest BCUT2D eigenvalue weighted by Crippen LogP contribution is 2.11. The predicted molar refractivity (Wildman–Crippen MR) is 63.1 cm³/mol. The smallest absolute Gasteiger partial charge is 0.241 e. The summed E-state index contributed by atoms with van der Waals surface area (Å²) in [6, 6.07) is -0.0710. The molecular formula is C11H23N3O2. The van der Waals surface area contributed by atoms with Gasteiger partial charge in [-0.2, -0.15) is 0 Å². The molecule has 5 heteroatoms. The number of nitrogens with two attached hydrogens (primary N) is 1. The second kappa shape index (κ2) is 6.18. The molecule has 2 unspecified atom stereocenters. The largest absolute Gasteiger partial charge is 0.383 e. The summed E-state index contributed by atoms with van der Waals surface area (Å²) in [5.41, 5.74) is 5.75. The SMILES string of the molecule is CCC1CN(C(=O)C(N)COC)CCN1C. The van der Waals surface area contributed by atoms with E-state index in [1.54, 1.807) is 7.11 Å². The first kappa shape index (κ1) is 13.4. The Morgan fingerprint density at radius 2 is 2.25 bits per heavy atom. The van der Waals surface area contributed by atoms with E-state index in [1.807, 2.05) is 4.90 Å². The molecule has 1 fully saturated rings. The maximum Gasteiger partial charge on any atom is 0.241 e. The number of methoxy groups -OCH3 is 1. The summed E-state index contributed by atoms with van der Waals surface area (Å²) in [6.07, 6.45) is 1.06. The summed E-state index contributed by atoms with van der Waals surface area (Å²) < 4.78 is 4.91. The van der Waals surface area contributed by atoms with Crippen LogP contribution < -0.4 is 5.73 Å². The van der Waals surface area contributed by atoms with Crippen molar-refractivity contribution in [3.63, 3.8) is 0 Å². The molecule has 2 N–H and O–H groups in total. The fourth-order valence-electron chi connectivity index (χ4n) is 2.07. The highest BCUT2D eigenvalue weighted by atomic mass is 16.5. The molecule has 1 rings (SSSR count). The number of amides is 1. The van der Waals surface area contributed by atoms with Gasteiger partial charge in [-0.1, -0.05) is 6.92 Å². The standard InChI is InChI=1S/C11H23N3O2/c1-4-9-7-14(6-5-13(9)2)11(15)10(12)8-16-3/h9-10H,4-8,12H2,1-3H3. The molecule has 0 spiro atoms. The quantitative estimate of drug-likeness (QED) is 0.707. The Hall–Kier alpha value is -0.650. The molecule has 0 aromatic heterocycles. The molecule has 0 radical (unpaired) electrons. The van der Waals surface area contributed by atoms with Gasteiger partial charge in [-0.25, -0.2) is 0 Å². The van der Waals surface area contributed by atoms with Crippen molar-refractivity contribution in [1.29, 1.82) is 0 Å². The van der Waals surface area contributed by atoms with Gasteiger partial charge in [0.2, 0.25) is 5.91 Å². The number of rotatable bonds is 4. The second-order valence-corrected chi connectivity index (χ2v) is 4.39. The van der Waals surface area contributed by atoms with Gasteiger partial charge < -0.3 is 15.4 Å². The van der Waals surface area contributed by atoms with Crippen LogP contribution in [0.2, 0.25) is 0 Å². The first-order valence-corrected chi connectivity index (χ1v) is 5.83. The lowest BCUT2D eigenvalue weighted by Gasteiger charge is -2.39. The van der Waals surface area contributed by atoms with Gasteiger partial charge in [0.15, 0.2) is 0 Å². The van der Waals surface area contributed by atoms with E-state index in [2.05, 4.69) is 18.9 Å². The van der Waals surface area contributed by atoms with E-state index in [1.165, 1.54) is 0 Å². The van der Waals surface area contributed by atoms with Crippen LogP contribution in [0, 0.1) is 0 Å². The number of carbonyl (C=O) groups is 1. The monoisotopic (exact) mass is 229 g/mol. The van der Waals surface area contributed by atoms with Crippen LogP contribution in [0.5, 0.6) is 0 Å². The molecular weight excluding hydrogens is 206 g/mol. The van der Waals surface area contributed by atoms with Gasteiger partial charge in [0.05, 0.1) is 6.61 Å². The van der Waals surface area contributed by atoms with Crippen LogP contribution in [0.3, 0.4) is 0 Å². The van der Waals surface area contributed by atoms with Crippen LogP contribution in [0.1, 0.15) is 13.3 Å². The van der Waals surface area contributed by atoms with Crippen molar-refractivity contribution in [3.8, 4) is 0 Å². The van der Waals surface area contributed by atoms with Gasteiger partial charge >= 0.3 is 0 Å². The van der Waals surface area contributed by atoms with Gasteiger partial charge in [0, 0.05) is 32.8 Å². The van der Waals surface area contributed by atoms with Crippen LogP contribution in [0.15, 0.2) is 0 Å². The number of nitrogens with zero attached hydrogens (tertiary/aromatic N) is 2. The van der Waals surface area contributed by atoms with Crippen LogP contribution >= 0.6 is 0 Å². The minimum atomic E-state index is -0.522. The summed E-state index contributed by atoms with van der Waals surface area (Å²) in [7, 11) is 3.66. The van der Waals surface area contributed by atoms with Gasteiger partial charge in [0.1, 0.15) is 6.04 Å². The Labute approximate surface area is 97.5 Å². The van der Waals surface area contributed by atoms with E-state index >= 15 is 0 Å². The summed E-state index contributed by atoms with van der Waals surface area (Å²) in [5.74, 6) is 0.00778.